The lowest BCUT2D eigenvalue weighted by atomic mass is 10.1. The summed E-state index contributed by atoms with van der Waals surface area (Å²) in [6.07, 6.45) is 0. The van der Waals surface area contributed by atoms with Crippen molar-refractivity contribution in [2.24, 2.45) is 0 Å². The summed E-state index contributed by atoms with van der Waals surface area (Å²) in [4.78, 5) is 11.3. The number of nitrogens with one attached hydrogen (secondary N) is 1. The highest BCUT2D eigenvalue weighted by molar-refractivity contribution is 6.31. The van der Waals surface area contributed by atoms with Crippen molar-refractivity contribution in [1.29, 1.82) is 0 Å². The molecule has 0 bridgehead atoms. The minimum atomic E-state index is -0.443. The molecule has 17 heavy (non-hydrogen) atoms. The van der Waals surface area contributed by atoms with Gasteiger partial charge in [-0.25, -0.2) is 4.79 Å². The van der Waals surface area contributed by atoms with E-state index in [1.54, 1.807) is 6.07 Å². The van der Waals surface area contributed by atoms with Gasteiger partial charge in [0.05, 0.1) is 12.8 Å². The first-order valence-corrected chi connectivity index (χ1v) is 5.40. The summed E-state index contributed by atoms with van der Waals surface area (Å²) in [6, 6.07) is 7.25. The third kappa shape index (κ3) is 2.31. The molecule has 0 unspecified atom stereocenters. The largest absolute Gasteiger partial charge is 0.464 e. The van der Waals surface area contributed by atoms with Crippen molar-refractivity contribution < 1.29 is 9.53 Å². The Morgan fingerprint density at radius 3 is 2.82 bits per heavy atom. The molecule has 0 aliphatic heterocycles. The number of ether oxygens (including phenoxy) is 1. The van der Waals surface area contributed by atoms with Gasteiger partial charge in [0.2, 0.25) is 0 Å². The Morgan fingerprint density at radius 1 is 1.41 bits per heavy atom. The minimum absolute atomic E-state index is 0.319. The fourth-order valence-electron chi connectivity index (χ4n) is 1.44. The van der Waals surface area contributed by atoms with Crippen molar-refractivity contribution in [1.82, 2.24) is 10.2 Å². The maximum Gasteiger partial charge on any atom is 0.356 e. The number of methoxy groups -OCH3 is 1. The van der Waals surface area contributed by atoms with E-state index in [1.807, 2.05) is 25.1 Å². The Kier molecular flexibility index (Phi) is 3.15. The number of nitrogens with zero attached hydrogens (tertiary/aromatic N) is 1. The number of esters is 1. The highest BCUT2D eigenvalue weighted by Gasteiger charge is 2.11. The smallest absolute Gasteiger partial charge is 0.356 e. The summed E-state index contributed by atoms with van der Waals surface area (Å²) in [6.45, 7) is 1.93. The number of aryl methyl sites for hydroxylation is 1. The molecule has 1 heterocycles. The van der Waals surface area contributed by atoms with Crippen LogP contribution in [-0.2, 0) is 4.74 Å². The van der Waals surface area contributed by atoms with Gasteiger partial charge in [-0.05, 0) is 24.6 Å². The number of rotatable bonds is 2. The van der Waals surface area contributed by atoms with E-state index >= 15 is 0 Å². The maximum atomic E-state index is 11.3. The van der Waals surface area contributed by atoms with Crippen molar-refractivity contribution in [3.8, 4) is 11.3 Å². The first-order valence-electron chi connectivity index (χ1n) is 5.02. The van der Waals surface area contributed by atoms with Crippen molar-refractivity contribution in [2.75, 3.05) is 7.11 Å². The molecule has 0 aliphatic carbocycles. The minimum Gasteiger partial charge on any atom is -0.464 e. The lowest BCUT2D eigenvalue weighted by molar-refractivity contribution is 0.0594. The number of carbonyl (C=O) groups excluding carboxylic acids is 1. The first-order chi connectivity index (χ1) is 8.11. The van der Waals surface area contributed by atoms with Crippen molar-refractivity contribution in [2.45, 2.75) is 6.92 Å². The molecule has 0 radical (unpaired) electrons. The molecular weight excluding hydrogens is 240 g/mol. The predicted molar refractivity (Wildman–Crippen MR) is 65.1 cm³/mol. The van der Waals surface area contributed by atoms with Gasteiger partial charge in [-0.2, -0.15) is 5.10 Å². The number of benzene rings is 1. The highest BCUT2D eigenvalue weighted by atomic mass is 35.5. The second-order valence-corrected chi connectivity index (χ2v) is 4.03. The zero-order valence-corrected chi connectivity index (χ0v) is 10.2. The third-order valence-corrected chi connectivity index (χ3v) is 2.86. The molecule has 2 aromatic rings. The van der Waals surface area contributed by atoms with Gasteiger partial charge >= 0.3 is 5.97 Å². The van der Waals surface area contributed by atoms with Gasteiger partial charge in [-0.15, -0.1) is 0 Å². The monoisotopic (exact) mass is 250 g/mol. The molecular formula is C12H11ClN2O2. The Labute approximate surface area is 104 Å². The SMILES string of the molecule is COC(=O)c1cc(-c2ccc(C)c(Cl)c2)n[nH]1. The summed E-state index contributed by atoms with van der Waals surface area (Å²) >= 11 is 6.03. The number of H-pyrrole nitrogens is 1. The van der Waals surface area contributed by atoms with Crippen LogP contribution in [0.1, 0.15) is 16.1 Å². The van der Waals surface area contributed by atoms with Crippen LogP contribution in [0.3, 0.4) is 0 Å². The topological polar surface area (TPSA) is 55.0 Å². The second-order valence-electron chi connectivity index (χ2n) is 3.62. The maximum absolute atomic E-state index is 11.3. The van der Waals surface area contributed by atoms with Crippen LogP contribution in [0.15, 0.2) is 24.3 Å². The van der Waals surface area contributed by atoms with Crippen LogP contribution in [0.4, 0.5) is 0 Å². The number of halogens is 1. The van der Waals surface area contributed by atoms with E-state index in [0.29, 0.717) is 16.4 Å². The molecule has 1 aromatic heterocycles. The van der Waals surface area contributed by atoms with E-state index in [0.717, 1.165) is 11.1 Å². The predicted octanol–water partition coefficient (Wildman–Crippen LogP) is 2.83. The van der Waals surface area contributed by atoms with Gasteiger partial charge < -0.3 is 4.74 Å². The molecule has 0 spiro atoms. The molecule has 0 atom stereocenters. The van der Waals surface area contributed by atoms with Crippen LogP contribution in [0.25, 0.3) is 11.3 Å². The van der Waals surface area contributed by atoms with Crippen LogP contribution in [-0.4, -0.2) is 23.3 Å². The molecule has 0 amide bonds. The molecule has 0 saturated heterocycles. The Bertz CT molecular complexity index is 563. The standard InChI is InChI=1S/C12H11ClN2O2/c1-7-3-4-8(5-9(7)13)10-6-11(15-14-10)12(16)17-2/h3-6H,1-2H3,(H,14,15). The molecule has 0 fully saturated rings. The van der Waals surface area contributed by atoms with E-state index in [-0.39, 0.29) is 0 Å². The van der Waals surface area contributed by atoms with Gasteiger partial charge in [0.25, 0.3) is 0 Å². The van der Waals surface area contributed by atoms with Gasteiger partial charge in [-0.3, -0.25) is 5.10 Å². The molecule has 0 aliphatic rings. The highest BCUT2D eigenvalue weighted by Crippen LogP contribution is 2.24. The quantitative estimate of drug-likeness (QED) is 0.834. The zero-order chi connectivity index (χ0) is 12.4. The van der Waals surface area contributed by atoms with E-state index in [4.69, 9.17) is 11.6 Å². The van der Waals surface area contributed by atoms with Crippen LogP contribution >= 0.6 is 11.6 Å². The fourth-order valence-corrected chi connectivity index (χ4v) is 1.62. The average molecular weight is 251 g/mol. The molecule has 5 heteroatoms. The number of aromatic amines is 1. The van der Waals surface area contributed by atoms with Gasteiger partial charge in [0.15, 0.2) is 0 Å². The first kappa shape index (κ1) is 11.7. The van der Waals surface area contributed by atoms with E-state index < -0.39 is 5.97 Å². The van der Waals surface area contributed by atoms with Crippen molar-refractivity contribution in [3.63, 3.8) is 0 Å². The van der Waals surface area contributed by atoms with Crippen molar-refractivity contribution in [3.05, 3.63) is 40.5 Å². The molecule has 0 saturated carbocycles. The third-order valence-electron chi connectivity index (χ3n) is 2.45. The Balaban J connectivity index is 2.37. The van der Waals surface area contributed by atoms with Gasteiger partial charge in [0, 0.05) is 10.6 Å². The fraction of sp³-hybridized carbons (Fsp3) is 0.167. The van der Waals surface area contributed by atoms with Gasteiger partial charge in [0.1, 0.15) is 5.69 Å². The van der Waals surface area contributed by atoms with Crippen LogP contribution in [0, 0.1) is 6.92 Å². The van der Waals surface area contributed by atoms with Crippen LogP contribution < -0.4 is 0 Å². The average Bonchev–Trinajstić information content (AvgIpc) is 2.81. The lowest BCUT2D eigenvalue weighted by Crippen LogP contribution is -2.00. The van der Waals surface area contributed by atoms with Crippen LogP contribution in [0.5, 0.6) is 0 Å². The zero-order valence-electron chi connectivity index (χ0n) is 9.45. The molecule has 2 rings (SSSR count). The summed E-state index contributed by atoms with van der Waals surface area (Å²) in [5.41, 5.74) is 2.83. The second kappa shape index (κ2) is 4.59. The molecule has 4 nitrogen and oxygen atoms in total. The van der Waals surface area contributed by atoms with E-state index in [9.17, 15) is 4.79 Å². The molecule has 1 N–H and O–H groups in total. The summed E-state index contributed by atoms with van der Waals surface area (Å²) in [5, 5.41) is 7.33. The normalized spacial score (nSPS) is 10.3. The lowest BCUT2D eigenvalue weighted by Gasteiger charge is -2.00. The summed E-state index contributed by atoms with van der Waals surface area (Å²) in [5.74, 6) is -0.443. The molecule has 1 aromatic carbocycles. The summed E-state index contributed by atoms with van der Waals surface area (Å²) in [7, 11) is 1.32. The number of aromatic nitrogens is 2. The summed E-state index contributed by atoms with van der Waals surface area (Å²) < 4.78 is 4.59. The Hall–Kier alpha value is -1.81. The van der Waals surface area contributed by atoms with Crippen LogP contribution in [0.2, 0.25) is 5.02 Å². The van der Waals surface area contributed by atoms with E-state index in [2.05, 4.69) is 14.9 Å². The number of carbonyl (C=O) groups is 1. The Morgan fingerprint density at radius 2 is 2.18 bits per heavy atom. The van der Waals surface area contributed by atoms with E-state index in [1.165, 1.54) is 7.11 Å². The number of hydrogen-bond donors (Lipinski definition) is 1. The van der Waals surface area contributed by atoms with Crippen molar-refractivity contribution >= 4 is 17.6 Å². The van der Waals surface area contributed by atoms with Gasteiger partial charge in [-0.1, -0.05) is 23.7 Å². The molecule has 88 valence electrons. The number of hydrogen-bond acceptors (Lipinski definition) is 3.